The highest BCUT2D eigenvalue weighted by molar-refractivity contribution is 5.82. The lowest BCUT2D eigenvalue weighted by molar-refractivity contribution is -0.136. The van der Waals surface area contributed by atoms with Crippen LogP contribution in [0.4, 0.5) is 0 Å². The average Bonchev–Trinajstić information content (AvgIpc) is 2.93. The molecular weight excluding hydrogens is 328 g/mol. The third-order valence-electron chi connectivity index (χ3n) is 5.36. The number of fused-ring (bicyclic) bond motifs is 1. The summed E-state index contributed by atoms with van der Waals surface area (Å²) in [5.74, 6) is 1.98. The number of nitrogens with one attached hydrogen (secondary N) is 1. The van der Waals surface area contributed by atoms with Crippen LogP contribution in [-0.4, -0.2) is 65.5 Å². The molecule has 6 heteroatoms. The Balaban J connectivity index is 1.65. The summed E-state index contributed by atoms with van der Waals surface area (Å²) in [6.07, 6.45) is 5.25. The SMILES string of the molecule is CCN(CCc1nc2ccc(OC)cc2[nH]1)C(=O)[C@H]1CCCCCN1C. The van der Waals surface area contributed by atoms with Crippen molar-refractivity contribution in [1.82, 2.24) is 19.8 Å². The average molecular weight is 358 g/mol. The number of ether oxygens (including phenoxy) is 1. The molecule has 1 aliphatic rings. The van der Waals surface area contributed by atoms with Gasteiger partial charge in [0.1, 0.15) is 11.6 Å². The number of likely N-dealkylation sites (N-methyl/N-ethyl adjacent to an activating group) is 2. The van der Waals surface area contributed by atoms with Crippen LogP contribution >= 0.6 is 0 Å². The number of imidazole rings is 1. The monoisotopic (exact) mass is 358 g/mol. The van der Waals surface area contributed by atoms with Gasteiger partial charge in [-0.3, -0.25) is 9.69 Å². The summed E-state index contributed by atoms with van der Waals surface area (Å²) in [4.78, 5) is 25.2. The molecule has 1 fully saturated rings. The van der Waals surface area contributed by atoms with E-state index < -0.39 is 0 Å². The summed E-state index contributed by atoms with van der Waals surface area (Å²) < 4.78 is 5.26. The molecule has 6 nitrogen and oxygen atoms in total. The van der Waals surface area contributed by atoms with Gasteiger partial charge in [-0.25, -0.2) is 4.98 Å². The number of carbonyl (C=O) groups is 1. The smallest absolute Gasteiger partial charge is 0.239 e. The predicted octanol–water partition coefficient (Wildman–Crippen LogP) is 2.84. The lowest BCUT2D eigenvalue weighted by atomic mass is 10.1. The van der Waals surface area contributed by atoms with Gasteiger partial charge in [-0.2, -0.15) is 0 Å². The molecule has 0 unspecified atom stereocenters. The second-order valence-corrected chi connectivity index (χ2v) is 7.08. The van der Waals surface area contributed by atoms with Crippen LogP contribution in [-0.2, 0) is 11.2 Å². The first-order valence-electron chi connectivity index (χ1n) is 9.64. The maximum Gasteiger partial charge on any atom is 0.239 e. The molecule has 1 aromatic heterocycles. The van der Waals surface area contributed by atoms with Crippen molar-refractivity contribution >= 4 is 16.9 Å². The van der Waals surface area contributed by atoms with E-state index in [0.29, 0.717) is 6.54 Å². The molecular formula is C20H30N4O2. The van der Waals surface area contributed by atoms with Crippen molar-refractivity contribution in [2.75, 3.05) is 33.8 Å². The summed E-state index contributed by atoms with van der Waals surface area (Å²) in [5, 5.41) is 0. The first-order valence-corrected chi connectivity index (χ1v) is 9.64. The Kier molecular flexibility index (Phi) is 6.14. The van der Waals surface area contributed by atoms with E-state index in [1.165, 1.54) is 12.8 Å². The molecule has 2 aromatic rings. The Morgan fingerprint density at radius 3 is 3.00 bits per heavy atom. The number of nitrogens with zero attached hydrogens (tertiary/aromatic N) is 3. The number of hydrogen-bond acceptors (Lipinski definition) is 4. The first-order chi connectivity index (χ1) is 12.6. The van der Waals surface area contributed by atoms with E-state index in [9.17, 15) is 4.79 Å². The number of rotatable bonds is 6. The molecule has 1 saturated heterocycles. The fourth-order valence-corrected chi connectivity index (χ4v) is 3.73. The van der Waals surface area contributed by atoms with Crippen LogP contribution in [0.25, 0.3) is 11.0 Å². The van der Waals surface area contributed by atoms with Gasteiger partial charge >= 0.3 is 0 Å². The number of amides is 1. The molecule has 1 amide bonds. The summed E-state index contributed by atoms with van der Waals surface area (Å²) in [6.45, 7) is 4.49. The topological polar surface area (TPSA) is 61.5 Å². The number of likely N-dealkylation sites (tertiary alicyclic amines) is 1. The molecule has 2 heterocycles. The fourth-order valence-electron chi connectivity index (χ4n) is 3.73. The van der Waals surface area contributed by atoms with E-state index in [-0.39, 0.29) is 11.9 Å². The number of aromatic amines is 1. The minimum atomic E-state index is 0.0254. The molecule has 1 atom stereocenters. The van der Waals surface area contributed by atoms with Crippen molar-refractivity contribution in [3.8, 4) is 5.75 Å². The molecule has 1 aromatic carbocycles. The van der Waals surface area contributed by atoms with Crippen LogP contribution in [0, 0.1) is 0 Å². The molecule has 0 radical (unpaired) electrons. The first kappa shape index (κ1) is 18.7. The lowest BCUT2D eigenvalue weighted by Crippen LogP contribution is -2.47. The molecule has 0 bridgehead atoms. The molecule has 3 rings (SSSR count). The minimum absolute atomic E-state index is 0.0254. The van der Waals surface area contributed by atoms with E-state index in [1.807, 2.05) is 23.1 Å². The molecule has 0 spiro atoms. The van der Waals surface area contributed by atoms with Crippen LogP contribution in [0.1, 0.15) is 38.4 Å². The molecule has 1 aliphatic heterocycles. The highest BCUT2D eigenvalue weighted by Crippen LogP contribution is 2.20. The Hall–Kier alpha value is -2.08. The summed E-state index contributed by atoms with van der Waals surface area (Å²) in [7, 11) is 3.74. The normalized spacial score (nSPS) is 18.7. The van der Waals surface area contributed by atoms with Crippen molar-refractivity contribution in [3.05, 3.63) is 24.0 Å². The van der Waals surface area contributed by atoms with E-state index in [0.717, 1.165) is 55.0 Å². The number of H-pyrrole nitrogens is 1. The third kappa shape index (κ3) is 4.18. The van der Waals surface area contributed by atoms with Gasteiger partial charge in [0.05, 0.1) is 24.2 Å². The molecule has 1 N–H and O–H groups in total. The van der Waals surface area contributed by atoms with Crippen LogP contribution in [0.3, 0.4) is 0 Å². The van der Waals surface area contributed by atoms with E-state index in [2.05, 4.69) is 28.8 Å². The Bertz CT molecular complexity index is 742. The largest absolute Gasteiger partial charge is 0.497 e. The number of hydrogen-bond donors (Lipinski definition) is 1. The van der Waals surface area contributed by atoms with Crippen molar-refractivity contribution in [2.24, 2.45) is 0 Å². The summed E-state index contributed by atoms with van der Waals surface area (Å²) in [6, 6.07) is 5.85. The highest BCUT2D eigenvalue weighted by atomic mass is 16.5. The van der Waals surface area contributed by atoms with Crippen LogP contribution in [0.15, 0.2) is 18.2 Å². The quantitative estimate of drug-likeness (QED) is 0.863. The minimum Gasteiger partial charge on any atom is -0.497 e. The van der Waals surface area contributed by atoms with Gasteiger partial charge in [-0.15, -0.1) is 0 Å². The van der Waals surface area contributed by atoms with Gasteiger partial charge in [0, 0.05) is 25.6 Å². The second kappa shape index (κ2) is 8.54. The van der Waals surface area contributed by atoms with Crippen LogP contribution in [0.5, 0.6) is 5.75 Å². The zero-order valence-corrected chi connectivity index (χ0v) is 16.1. The molecule has 26 heavy (non-hydrogen) atoms. The van der Waals surface area contributed by atoms with E-state index >= 15 is 0 Å². The Morgan fingerprint density at radius 2 is 2.23 bits per heavy atom. The van der Waals surface area contributed by atoms with Crippen molar-refractivity contribution < 1.29 is 9.53 Å². The number of methoxy groups -OCH3 is 1. The zero-order chi connectivity index (χ0) is 18.5. The maximum atomic E-state index is 13.0. The number of aromatic nitrogens is 2. The molecule has 142 valence electrons. The van der Waals surface area contributed by atoms with Gasteiger partial charge < -0.3 is 14.6 Å². The Morgan fingerprint density at radius 1 is 1.38 bits per heavy atom. The van der Waals surface area contributed by atoms with Crippen molar-refractivity contribution in [1.29, 1.82) is 0 Å². The van der Waals surface area contributed by atoms with Gasteiger partial charge in [0.25, 0.3) is 0 Å². The second-order valence-electron chi connectivity index (χ2n) is 7.08. The van der Waals surface area contributed by atoms with Crippen LogP contribution in [0.2, 0.25) is 0 Å². The fraction of sp³-hybridized carbons (Fsp3) is 0.600. The highest BCUT2D eigenvalue weighted by Gasteiger charge is 2.28. The van der Waals surface area contributed by atoms with E-state index in [4.69, 9.17) is 4.74 Å². The molecule has 0 aliphatic carbocycles. The van der Waals surface area contributed by atoms with Gasteiger partial charge in [0.15, 0.2) is 0 Å². The van der Waals surface area contributed by atoms with Crippen LogP contribution < -0.4 is 4.74 Å². The van der Waals surface area contributed by atoms with Crippen molar-refractivity contribution in [2.45, 2.75) is 45.1 Å². The maximum absolute atomic E-state index is 13.0. The third-order valence-corrected chi connectivity index (χ3v) is 5.36. The standard InChI is InChI=1S/C20H30N4O2/c1-4-24(20(25)18-8-6-5-7-12-23(18)2)13-11-19-21-16-10-9-15(26-3)14-17(16)22-19/h9-10,14,18H,4-8,11-13H2,1-3H3,(H,21,22)/t18-/m1/s1. The zero-order valence-electron chi connectivity index (χ0n) is 16.1. The number of benzene rings is 1. The van der Waals surface area contributed by atoms with Gasteiger partial charge in [0.2, 0.25) is 5.91 Å². The van der Waals surface area contributed by atoms with Gasteiger partial charge in [-0.1, -0.05) is 12.8 Å². The lowest BCUT2D eigenvalue weighted by Gasteiger charge is -2.30. The molecule has 0 saturated carbocycles. The van der Waals surface area contributed by atoms with Crippen molar-refractivity contribution in [3.63, 3.8) is 0 Å². The number of carbonyl (C=O) groups excluding carboxylic acids is 1. The summed E-state index contributed by atoms with van der Waals surface area (Å²) in [5.41, 5.74) is 1.90. The van der Waals surface area contributed by atoms with Gasteiger partial charge in [-0.05, 0) is 45.5 Å². The summed E-state index contributed by atoms with van der Waals surface area (Å²) >= 11 is 0. The predicted molar refractivity (Wildman–Crippen MR) is 103 cm³/mol. The Labute approximate surface area is 155 Å². The van der Waals surface area contributed by atoms with E-state index in [1.54, 1.807) is 7.11 Å².